The molecule has 33 heavy (non-hydrogen) atoms. The monoisotopic (exact) mass is 450 g/mol. The molecule has 0 saturated carbocycles. The van der Waals surface area contributed by atoms with Gasteiger partial charge in [0.15, 0.2) is 5.75 Å². The van der Waals surface area contributed by atoms with Crippen LogP contribution in [0.15, 0.2) is 91.0 Å². The van der Waals surface area contributed by atoms with Gasteiger partial charge in [0.1, 0.15) is 13.2 Å². The van der Waals surface area contributed by atoms with Crippen LogP contribution in [0.25, 0.3) is 0 Å². The summed E-state index contributed by atoms with van der Waals surface area (Å²) in [6.45, 7) is 0.571. The van der Waals surface area contributed by atoms with Crippen molar-refractivity contribution in [2.45, 2.75) is 25.8 Å². The molecule has 0 aliphatic heterocycles. The van der Waals surface area contributed by atoms with Crippen LogP contribution in [0.4, 0.5) is 13.2 Å². The van der Waals surface area contributed by atoms with E-state index in [-0.39, 0.29) is 25.5 Å². The van der Waals surface area contributed by atoms with Crippen LogP contribution >= 0.6 is 0 Å². The van der Waals surface area contributed by atoms with Gasteiger partial charge in [0.2, 0.25) is 0 Å². The third kappa shape index (κ3) is 6.32. The quantitative estimate of drug-likeness (QED) is 0.319. The van der Waals surface area contributed by atoms with E-state index < -0.39 is 11.7 Å². The Hall–Kier alpha value is -3.87. The molecule has 0 aliphatic rings. The van der Waals surface area contributed by atoms with Crippen LogP contribution in [0.1, 0.15) is 27.9 Å². The van der Waals surface area contributed by atoms with Crippen LogP contribution in [0.3, 0.4) is 0 Å². The highest BCUT2D eigenvalue weighted by molar-refractivity contribution is 5.37. The summed E-state index contributed by atoms with van der Waals surface area (Å²) in [6, 6.07) is 26.0. The van der Waals surface area contributed by atoms with Crippen molar-refractivity contribution in [3.8, 4) is 11.6 Å². The van der Waals surface area contributed by atoms with Crippen LogP contribution in [-0.4, -0.2) is 10.2 Å². The van der Waals surface area contributed by atoms with Crippen molar-refractivity contribution >= 4 is 0 Å². The molecule has 0 amide bonds. The van der Waals surface area contributed by atoms with Gasteiger partial charge in [0, 0.05) is 12.5 Å². The molecule has 3 aromatic carbocycles. The molecule has 0 unspecified atom stereocenters. The van der Waals surface area contributed by atoms with Gasteiger partial charge < -0.3 is 9.47 Å². The summed E-state index contributed by atoms with van der Waals surface area (Å²) in [5, 5.41) is 8.31. The number of rotatable bonds is 8. The van der Waals surface area contributed by atoms with Gasteiger partial charge in [0.05, 0.1) is 11.3 Å². The Morgan fingerprint density at radius 1 is 0.636 bits per heavy atom. The second-order valence-electron chi connectivity index (χ2n) is 7.43. The van der Waals surface area contributed by atoms with E-state index in [0.29, 0.717) is 17.0 Å². The molecule has 1 heterocycles. The van der Waals surface area contributed by atoms with Gasteiger partial charge in [-0.25, -0.2) is 0 Å². The van der Waals surface area contributed by atoms with Crippen LogP contribution in [-0.2, 0) is 25.8 Å². The minimum Gasteiger partial charge on any atom is -0.483 e. The Morgan fingerprint density at radius 2 is 1.24 bits per heavy atom. The fraction of sp³-hybridized carbons (Fsp3) is 0.154. The first-order valence-electron chi connectivity index (χ1n) is 10.3. The smallest absolute Gasteiger partial charge is 0.416 e. The van der Waals surface area contributed by atoms with E-state index in [0.717, 1.165) is 23.3 Å². The summed E-state index contributed by atoms with van der Waals surface area (Å²) >= 11 is 0. The number of hydrogen-bond acceptors (Lipinski definition) is 4. The van der Waals surface area contributed by atoms with Gasteiger partial charge in [-0.3, -0.25) is 0 Å². The maximum atomic E-state index is 13.0. The SMILES string of the molecule is FC(F)(F)c1cccc(Cc2cc(OCc3ccccc3)c(OCc3ccccc3)nn2)c1. The van der Waals surface area contributed by atoms with Crippen molar-refractivity contribution in [1.82, 2.24) is 10.2 Å². The molecule has 4 rings (SSSR count). The molecule has 4 aromatic rings. The molecule has 0 atom stereocenters. The summed E-state index contributed by atoms with van der Waals surface area (Å²) < 4.78 is 50.9. The van der Waals surface area contributed by atoms with E-state index in [2.05, 4.69) is 10.2 Å². The topological polar surface area (TPSA) is 44.2 Å². The third-order valence-electron chi connectivity index (χ3n) is 4.87. The molecule has 0 N–H and O–H groups in total. The van der Waals surface area contributed by atoms with Crippen LogP contribution < -0.4 is 9.47 Å². The largest absolute Gasteiger partial charge is 0.483 e. The Kier molecular flexibility index (Phi) is 6.88. The maximum Gasteiger partial charge on any atom is 0.416 e. The second-order valence-corrected chi connectivity index (χ2v) is 7.43. The molecular weight excluding hydrogens is 429 g/mol. The molecule has 4 nitrogen and oxygen atoms in total. The molecule has 0 bridgehead atoms. The molecule has 0 spiro atoms. The zero-order chi connectivity index (χ0) is 23.1. The average Bonchev–Trinajstić information content (AvgIpc) is 2.83. The van der Waals surface area contributed by atoms with Gasteiger partial charge >= 0.3 is 6.18 Å². The summed E-state index contributed by atoms with van der Waals surface area (Å²) in [6.07, 6.45) is -4.22. The Balaban J connectivity index is 1.55. The van der Waals surface area contributed by atoms with Gasteiger partial charge in [-0.1, -0.05) is 78.9 Å². The summed E-state index contributed by atoms with van der Waals surface area (Å²) in [5.41, 5.74) is 2.18. The Bertz CT molecular complexity index is 1180. The number of aromatic nitrogens is 2. The van der Waals surface area contributed by atoms with Gasteiger partial charge in [-0.2, -0.15) is 18.3 Å². The molecule has 168 valence electrons. The van der Waals surface area contributed by atoms with Crippen LogP contribution in [0.2, 0.25) is 0 Å². The number of nitrogens with zero attached hydrogens (tertiary/aromatic N) is 2. The highest BCUT2D eigenvalue weighted by Gasteiger charge is 2.30. The lowest BCUT2D eigenvalue weighted by Gasteiger charge is -2.13. The van der Waals surface area contributed by atoms with E-state index >= 15 is 0 Å². The number of alkyl halides is 3. The maximum absolute atomic E-state index is 13.0. The van der Waals surface area contributed by atoms with Crippen molar-refractivity contribution in [3.05, 3.63) is 119 Å². The fourth-order valence-electron chi connectivity index (χ4n) is 3.22. The predicted molar refractivity (Wildman–Crippen MR) is 118 cm³/mol. The number of benzene rings is 3. The molecule has 0 fully saturated rings. The molecule has 1 aromatic heterocycles. The summed E-state index contributed by atoms with van der Waals surface area (Å²) in [4.78, 5) is 0. The number of halogens is 3. The highest BCUT2D eigenvalue weighted by atomic mass is 19.4. The zero-order valence-electron chi connectivity index (χ0n) is 17.6. The highest BCUT2D eigenvalue weighted by Crippen LogP contribution is 2.31. The first-order valence-corrected chi connectivity index (χ1v) is 10.3. The average molecular weight is 450 g/mol. The zero-order valence-corrected chi connectivity index (χ0v) is 17.6. The third-order valence-corrected chi connectivity index (χ3v) is 4.87. The normalized spacial score (nSPS) is 11.2. The Labute approximate surface area is 189 Å². The minimum atomic E-state index is -4.40. The van der Waals surface area contributed by atoms with Crippen molar-refractivity contribution in [2.75, 3.05) is 0 Å². The van der Waals surface area contributed by atoms with E-state index in [4.69, 9.17) is 9.47 Å². The lowest BCUT2D eigenvalue weighted by molar-refractivity contribution is -0.137. The Morgan fingerprint density at radius 3 is 1.88 bits per heavy atom. The van der Waals surface area contributed by atoms with E-state index in [9.17, 15) is 13.2 Å². The molecule has 0 saturated heterocycles. The van der Waals surface area contributed by atoms with Crippen molar-refractivity contribution in [3.63, 3.8) is 0 Å². The summed E-state index contributed by atoms with van der Waals surface area (Å²) in [7, 11) is 0. The predicted octanol–water partition coefficient (Wildman–Crippen LogP) is 6.24. The second kappa shape index (κ2) is 10.2. The summed E-state index contributed by atoms with van der Waals surface area (Å²) in [5.74, 6) is 0.606. The van der Waals surface area contributed by atoms with Gasteiger partial charge in [-0.05, 0) is 22.8 Å². The van der Waals surface area contributed by atoms with E-state index in [1.807, 2.05) is 60.7 Å². The molecule has 0 radical (unpaired) electrons. The fourth-order valence-corrected chi connectivity index (χ4v) is 3.22. The molecule has 0 aliphatic carbocycles. The minimum absolute atomic E-state index is 0.178. The first kappa shape index (κ1) is 22.3. The van der Waals surface area contributed by atoms with Gasteiger partial charge in [0.25, 0.3) is 5.88 Å². The molecule has 7 heteroatoms. The van der Waals surface area contributed by atoms with Crippen molar-refractivity contribution < 1.29 is 22.6 Å². The number of hydrogen-bond donors (Lipinski definition) is 0. The van der Waals surface area contributed by atoms with Crippen molar-refractivity contribution in [2.24, 2.45) is 0 Å². The van der Waals surface area contributed by atoms with E-state index in [1.165, 1.54) is 6.07 Å². The lowest BCUT2D eigenvalue weighted by atomic mass is 10.1. The molecular formula is C26H21F3N2O2. The first-order chi connectivity index (χ1) is 16.0. The lowest BCUT2D eigenvalue weighted by Crippen LogP contribution is -2.07. The standard InChI is InChI=1S/C26H21F3N2O2/c27-26(28,29)22-13-7-12-21(14-22)15-23-16-24(32-17-19-8-3-1-4-9-19)25(31-30-23)33-18-20-10-5-2-6-11-20/h1-14,16H,15,17-18H2. The number of ether oxygens (including phenoxy) is 2. The van der Waals surface area contributed by atoms with Crippen LogP contribution in [0, 0.1) is 0 Å². The van der Waals surface area contributed by atoms with Crippen molar-refractivity contribution in [1.29, 1.82) is 0 Å². The van der Waals surface area contributed by atoms with Gasteiger partial charge in [-0.15, -0.1) is 5.10 Å². The van der Waals surface area contributed by atoms with Crippen LogP contribution in [0.5, 0.6) is 11.6 Å². The van der Waals surface area contributed by atoms with E-state index in [1.54, 1.807) is 12.1 Å².